The number of piperidine rings is 1. The second kappa shape index (κ2) is 5.40. The molecule has 1 aromatic carbocycles. The molecule has 0 aromatic heterocycles. The number of rotatable bonds is 1. The van der Waals surface area contributed by atoms with Gasteiger partial charge in [-0.2, -0.15) is 0 Å². The van der Waals surface area contributed by atoms with Gasteiger partial charge in [0, 0.05) is 19.2 Å². The fourth-order valence-corrected chi connectivity index (χ4v) is 2.15. The van der Waals surface area contributed by atoms with Crippen molar-refractivity contribution < 1.29 is 27.5 Å². The molecule has 3 nitrogen and oxygen atoms in total. The van der Waals surface area contributed by atoms with Crippen molar-refractivity contribution in [2.75, 3.05) is 13.1 Å². The van der Waals surface area contributed by atoms with E-state index >= 15 is 0 Å². The quantitative estimate of drug-likeness (QED) is 0.636. The molecule has 2 atom stereocenters. The molecule has 0 spiro atoms. The number of amides is 1. The van der Waals surface area contributed by atoms with Crippen molar-refractivity contribution in [3.8, 4) is 0 Å². The van der Waals surface area contributed by atoms with Crippen molar-refractivity contribution in [2.24, 2.45) is 5.92 Å². The molecule has 7 heteroatoms. The number of carbonyl (C=O) groups is 1. The van der Waals surface area contributed by atoms with Crippen LogP contribution in [0.3, 0.4) is 0 Å². The molecule has 1 N–H and O–H groups in total. The molecular weight excluding hydrogens is 278 g/mol. The molecule has 110 valence electrons. The van der Waals surface area contributed by atoms with Crippen molar-refractivity contribution in [1.82, 2.24) is 4.90 Å². The van der Waals surface area contributed by atoms with Crippen molar-refractivity contribution >= 4 is 5.91 Å². The maximum atomic E-state index is 13.5. The number of nitrogens with zero attached hydrogens (tertiary/aromatic N) is 1. The number of β-amino-alcohol motifs (C(OH)–C–C–N with tert-alkyl or cyclic N) is 1. The predicted molar refractivity (Wildman–Crippen MR) is 62.0 cm³/mol. The summed E-state index contributed by atoms with van der Waals surface area (Å²) in [6.07, 6.45) is -0.397. The van der Waals surface area contributed by atoms with Crippen LogP contribution in [0.5, 0.6) is 0 Å². The summed E-state index contributed by atoms with van der Waals surface area (Å²) >= 11 is 0. The largest absolute Gasteiger partial charge is 0.391 e. The summed E-state index contributed by atoms with van der Waals surface area (Å²) < 4.78 is 53.2. The first-order valence-electron chi connectivity index (χ1n) is 6.13. The standard InChI is InChI=1S/C13H13F4NO2/c1-6-2-3-18(5-9(6)19)13(20)10-11(16)7(14)4-8(15)12(10)17/h4,6,9,19H,2-3,5H2,1H3. The number of hydrogen-bond donors (Lipinski definition) is 1. The fraction of sp³-hybridized carbons (Fsp3) is 0.462. The molecule has 1 amide bonds. The van der Waals surface area contributed by atoms with Gasteiger partial charge in [-0.05, 0) is 12.3 Å². The van der Waals surface area contributed by atoms with Crippen LogP contribution in [-0.4, -0.2) is 35.1 Å². The van der Waals surface area contributed by atoms with Crippen LogP contribution in [-0.2, 0) is 0 Å². The molecular formula is C13H13F4NO2. The van der Waals surface area contributed by atoms with Crippen LogP contribution in [0.25, 0.3) is 0 Å². The Kier molecular flexibility index (Phi) is 3.99. The lowest BCUT2D eigenvalue weighted by Crippen LogP contribution is -2.46. The van der Waals surface area contributed by atoms with E-state index in [0.717, 1.165) is 4.90 Å². The lowest BCUT2D eigenvalue weighted by Gasteiger charge is -2.34. The van der Waals surface area contributed by atoms with Gasteiger partial charge in [0.05, 0.1) is 6.10 Å². The minimum Gasteiger partial charge on any atom is -0.391 e. The SMILES string of the molecule is CC1CCN(C(=O)c2c(F)c(F)cc(F)c2F)CC1O. The molecule has 1 aromatic rings. The Morgan fingerprint density at radius 1 is 1.25 bits per heavy atom. The van der Waals surface area contributed by atoms with Gasteiger partial charge in [-0.25, -0.2) is 17.6 Å². The van der Waals surface area contributed by atoms with Gasteiger partial charge in [-0.1, -0.05) is 6.92 Å². The van der Waals surface area contributed by atoms with Crippen LogP contribution < -0.4 is 0 Å². The zero-order valence-corrected chi connectivity index (χ0v) is 10.7. The number of halogens is 4. The van der Waals surface area contributed by atoms with Gasteiger partial charge in [0.15, 0.2) is 23.3 Å². The molecule has 1 fully saturated rings. The van der Waals surface area contributed by atoms with Crippen LogP contribution >= 0.6 is 0 Å². The van der Waals surface area contributed by atoms with Gasteiger partial charge in [-0.15, -0.1) is 0 Å². The lowest BCUT2D eigenvalue weighted by molar-refractivity contribution is 0.0242. The summed E-state index contributed by atoms with van der Waals surface area (Å²) in [5, 5.41) is 9.66. The van der Waals surface area contributed by atoms with Crippen LogP contribution in [0.15, 0.2) is 6.07 Å². The number of hydrogen-bond acceptors (Lipinski definition) is 2. The number of aliphatic hydroxyl groups excluding tert-OH is 1. The minimum atomic E-state index is -1.72. The van der Waals surface area contributed by atoms with Crippen LogP contribution in [0.4, 0.5) is 17.6 Å². The molecule has 1 aliphatic rings. The average molecular weight is 291 g/mol. The van der Waals surface area contributed by atoms with Gasteiger partial charge < -0.3 is 10.0 Å². The summed E-state index contributed by atoms with van der Waals surface area (Å²) in [4.78, 5) is 13.0. The van der Waals surface area contributed by atoms with E-state index in [9.17, 15) is 27.5 Å². The van der Waals surface area contributed by atoms with Crippen molar-refractivity contribution in [3.05, 3.63) is 34.9 Å². The van der Waals surface area contributed by atoms with E-state index in [4.69, 9.17) is 0 Å². The first kappa shape index (κ1) is 14.8. The molecule has 1 aliphatic heterocycles. The van der Waals surface area contributed by atoms with E-state index in [-0.39, 0.29) is 25.1 Å². The van der Waals surface area contributed by atoms with E-state index in [1.165, 1.54) is 0 Å². The average Bonchev–Trinajstić information content (AvgIpc) is 2.40. The van der Waals surface area contributed by atoms with Crippen molar-refractivity contribution in [3.63, 3.8) is 0 Å². The maximum absolute atomic E-state index is 13.5. The second-order valence-electron chi connectivity index (χ2n) is 4.93. The van der Waals surface area contributed by atoms with Crippen LogP contribution in [0.1, 0.15) is 23.7 Å². The number of likely N-dealkylation sites (tertiary alicyclic amines) is 1. The van der Waals surface area contributed by atoms with Crippen molar-refractivity contribution in [1.29, 1.82) is 0 Å². The van der Waals surface area contributed by atoms with Gasteiger partial charge in [-0.3, -0.25) is 4.79 Å². The Balaban J connectivity index is 2.35. The Morgan fingerprint density at radius 3 is 2.30 bits per heavy atom. The Labute approximate surface area is 112 Å². The maximum Gasteiger partial charge on any atom is 0.260 e. The van der Waals surface area contributed by atoms with E-state index in [1.807, 2.05) is 0 Å². The third-order valence-corrected chi connectivity index (χ3v) is 3.53. The first-order valence-corrected chi connectivity index (χ1v) is 6.13. The molecule has 2 unspecified atom stereocenters. The molecule has 20 heavy (non-hydrogen) atoms. The second-order valence-corrected chi connectivity index (χ2v) is 4.93. The molecule has 0 saturated carbocycles. The number of benzene rings is 1. The lowest BCUT2D eigenvalue weighted by atomic mass is 9.95. The topological polar surface area (TPSA) is 40.5 Å². The summed E-state index contributed by atoms with van der Waals surface area (Å²) in [6.45, 7) is 1.81. The van der Waals surface area contributed by atoms with Gasteiger partial charge in [0.25, 0.3) is 5.91 Å². The highest BCUT2D eigenvalue weighted by atomic mass is 19.2. The molecule has 0 radical (unpaired) electrons. The molecule has 1 saturated heterocycles. The molecule has 0 bridgehead atoms. The van der Waals surface area contributed by atoms with Crippen molar-refractivity contribution in [2.45, 2.75) is 19.4 Å². The first-order chi connectivity index (χ1) is 9.32. The van der Waals surface area contributed by atoms with Gasteiger partial charge in [0.2, 0.25) is 0 Å². The fourth-order valence-electron chi connectivity index (χ4n) is 2.15. The van der Waals surface area contributed by atoms with Gasteiger partial charge >= 0.3 is 0 Å². The smallest absolute Gasteiger partial charge is 0.260 e. The monoisotopic (exact) mass is 291 g/mol. The predicted octanol–water partition coefficient (Wildman–Crippen LogP) is 2.09. The Hall–Kier alpha value is -1.63. The van der Waals surface area contributed by atoms with E-state index in [1.54, 1.807) is 6.92 Å². The minimum absolute atomic E-state index is 0.0502. The number of carbonyl (C=O) groups excluding carboxylic acids is 1. The highest BCUT2D eigenvalue weighted by molar-refractivity contribution is 5.95. The third-order valence-electron chi connectivity index (χ3n) is 3.53. The number of aliphatic hydroxyl groups is 1. The summed E-state index contributed by atoms with van der Waals surface area (Å²) in [5.74, 6) is -7.91. The summed E-state index contributed by atoms with van der Waals surface area (Å²) in [6, 6.07) is 0.0502. The van der Waals surface area contributed by atoms with E-state index in [2.05, 4.69) is 0 Å². The van der Waals surface area contributed by atoms with E-state index in [0.29, 0.717) is 6.42 Å². The highest BCUT2D eigenvalue weighted by Crippen LogP contribution is 2.24. The van der Waals surface area contributed by atoms with Crippen LogP contribution in [0, 0.1) is 29.2 Å². The molecule has 1 heterocycles. The Bertz CT molecular complexity index is 523. The Morgan fingerprint density at radius 2 is 1.80 bits per heavy atom. The van der Waals surface area contributed by atoms with Crippen LogP contribution in [0.2, 0.25) is 0 Å². The zero-order chi connectivity index (χ0) is 15.0. The molecule has 2 rings (SSSR count). The molecule has 0 aliphatic carbocycles. The van der Waals surface area contributed by atoms with E-state index < -0.39 is 40.8 Å². The summed E-state index contributed by atoms with van der Waals surface area (Å²) in [7, 11) is 0. The third kappa shape index (κ3) is 2.49. The normalized spacial score (nSPS) is 23.0. The highest BCUT2D eigenvalue weighted by Gasteiger charge is 2.32. The summed E-state index contributed by atoms with van der Waals surface area (Å²) in [5.41, 5.74) is -1.26. The van der Waals surface area contributed by atoms with Gasteiger partial charge in [0.1, 0.15) is 5.56 Å². The zero-order valence-electron chi connectivity index (χ0n) is 10.7.